The molecule has 0 aliphatic carbocycles. The average Bonchev–Trinajstić information content (AvgIpc) is 2.49. The van der Waals surface area contributed by atoms with Crippen LogP contribution in [-0.2, 0) is 14.1 Å². The quantitative estimate of drug-likeness (QED) is 0.648. The Morgan fingerprint density at radius 1 is 0.650 bits per heavy atom. The Morgan fingerprint density at radius 3 is 1.70 bits per heavy atom. The van der Waals surface area contributed by atoms with E-state index in [-0.39, 0.29) is 0 Å². The second-order valence-electron chi connectivity index (χ2n) is 4.94. The van der Waals surface area contributed by atoms with Gasteiger partial charge in [-0.3, -0.25) is 4.98 Å². The minimum atomic E-state index is 0.996. The molecule has 0 unspecified atom stereocenters. The number of nitrogens with zero attached hydrogens (tertiary/aromatic N) is 3. The van der Waals surface area contributed by atoms with Crippen LogP contribution in [0.4, 0.5) is 0 Å². The summed E-state index contributed by atoms with van der Waals surface area (Å²) >= 11 is 0. The highest BCUT2D eigenvalue weighted by Gasteiger charge is 2.04. The fourth-order valence-corrected chi connectivity index (χ4v) is 2.10. The Labute approximate surface area is 118 Å². The summed E-state index contributed by atoms with van der Waals surface area (Å²) in [4.78, 5) is 4.56. The smallest absolute Gasteiger partial charge is 0.169 e. The van der Waals surface area contributed by atoms with Crippen LogP contribution in [0.25, 0.3) is 22.4 Å². The van der Waals surface area contributed by atoms with Gasteiger partial charge in [0, 0.05) is 41.6 Å². The van der Waals surface area contributed by atoms with Crippen molar-refractivity contribution < 1.29 is 9.13 Å². The molecule has 0 bridgehead atoms. The van der Waals surface area contributed by atoms with Crippen molar-refractivity contribution in [2.24, 2.45) is 14.1 Å². The van der Waals surface area contributed by atoms with Crippen molar-refractivity contribution in [3.05, 3.63) is 67.4 Å². The molecule has 0 fully saturated rings. The number of aryl methyl sites for hydroxylation is 2. The maximum Gasteiger partial charge on any atom is 0.169 e. The zero-order valence-electron chi connectivity index (χ0n) is 11.7. The molecule has 0 amide bonds. The molecule has 0 atom stereocenters. The molecule has 0 radical (unpaired) electrons. The maximum absolute atomic E-state index is 4.56. The van der Waals surface area contributed by atoms with Gasteiger partial charge in [0.15, 0.2) is 24.8 Å². The molecular weight excluding hydrogens is 246 g/mol. The molecular formula is C17H17N3+2. The van der Waals surface area contributed by atoms with Crippen LogP contribution >= 0.6 is 0 Å². The largest absolute Gasteiger partial charge is 0.256 e. The summed E-state index contributed by atoms with van der Waals surface area (Å²) < 4.78 is 4.04. The monoisotopic (exact) mass is 263 g/mol. The summed E-state index contributed by atoms with van der Waals surface area (Å²) in [5.74, 6) is 0. The van der Waals surface area contributed by atoms with Gasteiger partial charge < -0.3 is 0 Å². The van der Waals surface area contributed by atoms with Gasteiger partial charge in [0.1, 0.15) is 14.1 Å². The van der Waals surface area contributed by atoms with Crippen molar-refractivity contribution in [1.29, 1.82) is 0 Å². The second-order valence-corrected chi connectivity index (χ2v) is 4.94. The third kappa shape index (κ3) is 2.57. The van der Waals surface area contributed by atoms with E-state index in [2.05, 4.69) is 41.4 Å². The molecule has 0 aromatic carbocycles. The first-order valence-corrected chi connectivity index (χ1v) is 6.60. The average molecular weight is 263 g/mol. The van der Waals surface area contributed by atoms with Crippen LogP contribution in [0.1, 0.15) is 0 Å². The van der Waals surface area contributed by atoms with Gasteiger partial charge in [-0.05, 0) is 11.6 Å². The molecule has 20 heavy (non-hydrogen) atoms. The Kier molecular flexibility index (Phi) is 3.25. The molecule has 0 aliphatic rings. The fraction of sp³-hybridized carbons (Fsp3) is 0.118. The van der Waals surface area contributed by atoms with Gasteiger partial charge in [-0.1, -0.05) is 6.07 Å². The molecule has 0 saturated heterocycles. The highest BCUT2D eigenvalue weighted by molar-refractivity contribution is 5.65. The van der Waals surface area contributed by atoms with Gasteiger partial charge in [0.25, 0.3) is 0 Å². The first kappa shape index (κ1) is 12.5. The normalized spacial score (nSPS) is 10.5. The number of rotatable bonds is 2. The van der Waals surface area contributed by atoms with E-state index in [9.17, 15) is 0 Å². The molecule has 3 aromatic heterocycles. The molecule has 0 N–H and O–H groups in total. The van der Waals surface area contributed by atoms with Crippen LogP contribution in [0, 0.1) is 0 Å². The Balaban J connectivity index is 1.91. The lowest BCUT2D eigenvalue weighted by Gasteiger charge is -2.03. The van der Waals surface area contributed by atoms with Crippen LogP contribution in [0.3, 0.4) is 0 Å². The van der Waals surface area contributed by atoms with Crippen LogP contribution in [0.5, 0.6) is 0 Å². The number of hydrogen-bond acceptors (Lipinski definition) is 1. The van der Waals surface area contributed by atoms with Crippen molar-refractivity contribution in [2.75, 3.05) is 0 Å². The second kappa shape index (κ2) is 5.21. The topological polar surface area (TPSA) is 20.6 Å². The third-order valence-electron chi connectivity index (χ3n) is 3.35. The zero-order valence-corrected chi connectivity index (χ0v) is 11.7. The third-order valence-corrected chi connectivity index (χ3v) is 3.35. The van der Waals surface area contributed by atoms with E-state index in [1.807, 2.05) is 54.2 Å². The van der Waals surface area contributed by atoms with Gasteiger partial charge in [0.05, 0.1) is 5.69 Å². The molecule has 3 nitrogen and oxygen atoms in total. The molecule has 3 rings (SSSR count). The molecule has 0 aliphatic heterocycles. The summed E-state index contributed by atoms with van der Waals surface area (Å²) in [6, 6.07) is 12.5. The van der Waals surface area contributed by atoms with E-state index in [0.29, 0.717) is 0 Å². The highest BCUT2D eigenvalue weighted by atomic mass is 14.9. The first-order chi connectivity index (χ1) is 9.72. The lowest BCUT2D eigenvalue weighted by molar-refractivity contribution is -0.671. The lowest BCUT2D eigenvalue weighted by atomic mass is 10.1. The minimum Gasteiger partial charge on any atom is -0.256 e. The van der Waals surface area contributed by atoms with Crippen molar-refractivity contribution in [3.63, 3.8) is 0 Å². The van der Waals surface area contributed by atoms with E-state index >= 15 is 0 Å². The Morgan fingerprint density at radius 2 is 1.20 bits per heavy atom. The van der Waals surface area contributed by atoms with Gasteiger partial charge in [-0.25, -0.2) is 9.13 Å². The van der Waals surface area contributed by atoms with Crippen LogP contribution in [0.15, 0.2) is 67.4 Å². The number of pyridine rings is 3. The van der Waals surface area contributed by atoms with Crippen LogP contribution in [-0.4, -0.2) is 4.98 Å². The first-order valence-electron chi connectivity index (χ1n) is 6.60. The standard InChI is InChI=1S/C17H17N3/c1-19-9-5-14(6-10-19)16-3-4-17(18-13-16)15-7-11-20(2)12-8-15/h3-13H,1-2H3/q+2. The lowest BCUT2D eigenvalue weighted by Crippen LogP contribution is -2.25. The summed E-state index contributed by atoms with van der Waals surface area (Å²) in [6.45, 7) is 0. The van der Waals surface area contributed by atoms with Crippen molar-refractivity contribution in [1.82, 2.24) is 4.98 Å². The van der Waals surface area contributed by atoms with Crippen molar-refractivity contribution >= 4 is 0 Å². The molecule has 98 valence electrons. The van der Waals surface area contributed by atoms with E-state index in [1.54, 1.807) is 0 Å². The van der Waals surface area contributed by atoms with Gasteiger partial charge in [0.2, 0.25) is 0 Å². The predicted molar refractivity (Wildman–Crippen MR) is 77.5 cm³/mol. The number of hydrogen-bond donors (Lipinski definition) is 0. The van der Waals surface area contributed by atoms with E-state index in [0.717, 1.165) is 16.8 Å². The van der Waals surface area contributed by atoms with Crippen LogP contribution < -0.4 is 9.13 Å². The number of aromatic nitrogens is 3. The van der Waals surface area contributed by atoms with Crippen molar-refractivity contribution in [2.45, 2.75) is 0 Å². The van der Waals surface area contributed by atoms with Gasteiger partial charge in [-0.15, -0.1) is 0 Å². The molecule has 3 heterocycles. The Hall–Kier alpha value is -2.55. The SMILES string of the molecule is C[n+]1ccc(-c2ccc(-c3cc[n+](C)cc3)nc2)cc1. The van der Waals surface area contributed by atoms with E-state index in [4.69, 9.17) is 0 Å². The highest BCUT2D eigenvalue weighted by Crippen LogP contribution is 2.21. The van der Waals surface area contributed by atoms with Crippen molar-refractivity contribution in [3.8, 4) is 22.4 Å². The Bertz CT molecular complexity index is 634. The predicted octanol–water partition coefficient (Wildman–Crippen LogP) is 2.06. The van der Waals surface area contributed by atoms with Crippen LogP contribution in [0.2, 0.25) is 0 Å². The minimum absolute atomic E-state index is 0.996. The summed E-state index contributed by atoms with van der Waals surface area (Å²) in [5, 5.41) is 0. The fourth-order valence-electron chi connectivity index (χ4n) is 2.10. The van der Waals surface area contributed by atoms with E-state index < -0.39 is 0 Å². The summed E-state index contributed by atoms with van der Waals surface area (Å²) in [6.07, 6.45) is 10.1. The molecule has 0 spiro atoms. The maximum atomic E-state index is 4.56. The zero-order chi connectivity index (χ0) is 13.9. The van der Waals surface area contributed by atoms with Gasteiger partial charge >= 0.3 is 0 Å². The van der Waals surface area contributed by atoms with Gasteiger partial charge in [-0.2, -0.15) is 0 Å². The molecule has 0 saturated carbocycles. The summed E-state index contributed by atoms with van der Waals surface area (Å²) in [5.41, 5.74) is 4.45. The van der Waals surface area contributed by atoms with E-state index in [1.165, 1.54) is 5.56 Å². The molecule has 3 aromatic rings. The molecule has 3 heteroatoms. The summed E-state index contributed by atoms with van der Waals surface area (Å²) in [7, 11) is 4.02.